The van der Waals surface area contributed by atoms with E-state index in [2.05, 4.69) is 20.0 Å². The number of methoxy groups -OCH3 is 1. The number of hydrogen-bond donors (Lipinski definition) is 2. The zero-order chi connectivity index (χ0) is 21.8. The lowest BCUT2D eigenvalue weighted by Crippen LogP contribution is -2.49. The van der Waals surface area contributed by atoms with Gasteiger partial charge in [-0.2, -0.15) is 13.2 Å². The number of piperidine rings is 1. The number of alkyl carbamates (subject to hydrolysis) is 1. The Morgan fingerprint density at radius 3 is 2.45 bits per heavy atom. The third-order valence-corrected chi connectivity index (χ3v) is 5.12. The van der Waals surface area contributed by atoms with E-state index in [4.69, 9.17) is 5.73 Å². The molecule has 2 rings (SSSR count). The summed E-state index contributed by atoms with van der Waals surface area (Å²) >= 11 is 0. The predicted molar refractivity (Wildman–Crippen MR) is 98.8 cm³/mol. The molecule has 0 aromatic carbocycles. The van der Waals surface area contributed by atoms with Gasteiger partial charge in [0.25, 0.3) is 0 Å². The second kappa shape index (κ2) is 9.27. The number of anilines is 1. The first-order valence-corrected chi connectivity index (χ1v) is 9.36. The van der Waals surface area contributed by atoms with Gasteiger partial charge in [-0.15, -0.1) is 0 Å². The SMILES string of the molecule is COC(=O)NC(C)C(=O)N1CCC(CCc2c(C)nc(C(F)(F)F)nc2N)CC1. The standard InChI is InChI=1S/C18H26F3N5O3/c1-10-13(14(22)25-16(23-10)18(19,20)21)5-4-12-6-8-26(9-7-12)15(27)11(2)24-17(28)29-3/h11-12H,4-9H2,1-3H3,(H,24,28)(H2,22,23,25). The molecule has 1 aromatic heterocycles. The maximum atomic E-state index is 12.8. The van der Waals surface area contributed by atoms with Crippen LogP contribution in [-0.2, 0) is 22.1 Å². The fraction of sp³-hybridized carbons (Fsp3) is 0.667. The number of carbonyl (C=O) groups excluding carboxylic acids is 2. The number of nitrogens with two attached hydrogens (primary N) is 1. The summed E-state index contributed by atoms with van der Waals surface area (Å²) in [6.07, 6.45) is -2.57. The predicted octanol–water partition coefficient (Wildman–Crippen LogP) is 2.30. The quantitative estimate of drug-likeness (QED) is 0.761. The molecule has 11 heteroatoms. The number of aromatic nitrogens is 2. The topological polar surface area (TPSA) is 110 Å². The van der Waals surface area contributed by atoms with Gasteiger partial charge in [-0.1, -0.05) is 0 Å². The van der Waals surface area contributed by atoms with Gasteiger partial charge in [0.2, 0.25) is 11.7 Å². The maximum absolute atomic E-state index is 12.8. The third-order valence-electron chi connectivity index (χ3n) is 5.12. The van der Waals surface area contributed by atoms with Gasteiger partial charge >= 0.3 is 12.3 Å². The van der Waals surface area contributed by atoms with Gasteiger partial charge in [0.15, 0.2) is 0 Å². The van der Waals surface area contributed by atoms with Crippen molar-refractivity contribution in [2.45, 2.75) is 51.7 Å². The Labute approximate surface area is 167 Å². The molecule has 2 amide bonds. The van der Waals surface area contributed by atoms with Crippen molar-refractivity contribution >= 4 is 17.8 Å². The van der Waals surface area contributed by atoms with E-state index >= 15 is 0 Å². The van der Waals surface area contributed by atoms with Gasteiger partial charge in [0.05, 0.1) is 7.11 Å². The Hall–Kier alpha value is -2.59. The molecule has 1 aromatic rings. The maximum Gasteiger partial charge on any atom is 0.451 e. The minimum absolute atomic E-state index is 0.139. The first kappa shape index (κ1) is 22.7. The fourth-order valence-electron chi connectivity index (χ4n) is 3.42. The zero-order valence-electron chi connectivity index (χ0n) is 16.7. The molecule has 0 spiro atoms. The van der Waals surface area contributed by atoms with Gasteiger partial charge in [-0.3, -0.25) is 4.79 Å². The van der Waals surface area contributed by atoms with Crippen molar-refractivity contribution in [2.75, 3.05) is 25.9 Å². The van der Waals surface area contributed by atoms with Crippen LogP contribution >= 0.6 is 0 Å². The first-order valence-electron chi connectivity index (χ1n) is 9.36. The number of ether oxygens (including phenoxy) is 1. The van der Waals surface area contributed by atoms with Crippen LogP contribution in [0.25, 0.3) is 0 Å². The molecule has 0 aliphatic carbocycles. The highest BCUT2D eigenvalue weighted by molar-refractivity contribution is 5.85. The van der Waals surface area contributed by atoms with Gasteiger partial charge in [-0.05, 0) is 45.4 Å². The number of amides is 2. The summed E-state index contributed by atoms with van der Waals surface area (Å²) in [6, 6.07) is -0.675. The molecule has 1 aliphatic rings. The Balaban J connectivity index is 1.88. The summed E-state index contributed by atoms with van der Waals surface area (Å²) in [4.78, 5) is 32.2. The molecule has 1 unspecified atom stereocenters. The van der Waals surface area contributed by atoms with E-state index in [-0.39, 0.29) is 17.4 Å². The molecule has 29 heavy (non-hydrogen) atoms. The van der Waals surface area contributed by atoms with Crippen LogP contribution in [0, 0.1) is 12.8 Å². The molecule has 1 atom stereocenters. The average molecular weight is 417 g/mol. The summed E-state index contributed by atoms with van der Waals surface area (Å²) in [6.45, 7) is 4.20. The summed E-state index contributed by atoms with van der Waals surface area (Å²) in [5, 5.41) is 2.45. The fourth-order valence-corrected chi connectivity index (χ4v) is 3.42. The first-order chi connectivity index (χ1) is 13.5. The van der Waals surface area contributed by atoms with E-state index < -0.39 is 24.1 Å². The molecule has 0 saturated carbocycles. The van der Waals surface area contributed by atoms with E-state index in [1.807, 2.05) is 0 Å². The van der Waals surface area contributed by atoms with Gasteiger partial charge in [0.1, 0.15) is 11.9 Å². The minimum atomic E-state index is -4.63. The molecule has 3 N–H and O–H groups in total. The van der Waals surface area contributed by atoms with Crippen LogP contribution in [-0.4, -0.2) is 53.1 Å². The minimum Gasteiger partial charge on any atom is -0.453 e. The smallest absolute Gasteiger partial charge is 0.451 e. The van der Waals surface area contributed by atoms with E-state index in [9.17, 15) is 22.8 Å². The number of aryl methyl sites for hydroxylation is 1. The molecule has 2 heterocycles. The Kier molecular flexibility index (Phi) is 7.26. The number of nitrogens with zero attached hydrogens (tertiary/aromatic N) is 3. The van der Waals surface area contributed by atoms with Crippen LogP contribution in [0.15, 0.2) is 0 Å². The number of nitrogen functional groups attached to an aromatic ring is 1. The average Bonchev–Trinajstić information content (AvgIpc) is 2.66. The van der Waals surface area contributed by atoms with Crippen molar-refractivity contribution in [2.24, 2.45) is 5.92 Å². The highest BCUT2D eigenvalue weighted by atomic mass is 19.4. The number of halogens is 3. The van der Waals surface area contributed by atoms with Gasteiger partial charge < -0.3 is 20.7 Å². The number of likely N-dealkylation sites (tertiary alicyclic amines) is 1. The molecular formula is C18H26F3N5O3. The van der Waals surface area contributed by atoms with Crippen molar-refractivity contribution in [3.8, 4) is 0 Å². The van der Waals surface area contributed by atoms with E-state index in [0.717, 1.165) is 19.3 Å². The van der Waals surface area contributed by atoms with Crippen LogP contribution in [0.2, 0.25) is 0 Å². The summed E-state index contributed by atoms with van der Waals surface area (Å²) in [5.41, 5.74) is 6.50. The summed E-state index contributed by atoms with van der Waals surface area (Å²) < 4.78 is 42.8. The Bertz CT molecular complexity index is 726. The lowest BCUT2D eigenvalue weighted by molar-refractivity contribution is -0.145. The molecule has 0 radical (unpaired) electrons. The molecule has 1 fully saturated rings. The normalized spacial score (nSPS) is 16.4. The van der Waals surface area contributed by atoms with Crippen molar-refractivity contribution in [1.29, 1.82) is 0 Å². The molecule has 1 aliphatic heterocycles. The van der Waals surface area contributed by atoms with E-state index in [1.54, 1.807) is 11.8 Å². The highest BCUT2D eigenvalue weighted by Gasteiger charge is 2.35. The molecule has 162 valence electrons. The molecular weight excluding hydrogens is 391 g/mol. The summed E-state index contributed by atoms with van der Waals surface area (Å²) in [5.74, 6) is -1.23. The lowest BCUT2D eigenvalue weighted by atomic mass is 9.90. The largest absolute Gasteiger partial charge is 0.453 e. The number of alkyl halides is 3. The number of rotatable bonds is 5. The van der Waals surface area contributed by atoms with Crippen LogP contribution in [0.5, 0.6) is 0 Å². The van der Waals surface area contributed by atoms with Gasteiger partial charge in [-0.25, -0.2) is 14.8 Å². The van der Waals surface area contributed by atoms with Crippen LogP contribution in [0.3, 0.4) is 0 Å². The van der Waals surface area contributed by atoms with E-state index in [1.165, 1.54) is 14.0 Å². The Morgan fingerprint density at radius 2 is 1.93 bits per heavy atom. The molecule has 0 bridgehead atoms. The molecule has 8 nitrogen and oxygen atoms in total. The van der Waals surface area contributed by atoms with Crippen LogP contribution in [0.4, 0.5) is 23.8 Å². The van der Waals surface area contributed by atoms with Crippen molar-refractivity contribution in [3.63, 3.8) is 0 Å². The van der Waals surface area contributed by atoms with Crippen LogP contribution < -0.4 is 11.1 Å². The van der Waals surface area contributed by atoms with Crippen molar-refractivity contribution in [1.82, 2.24) is 20.2 Å². The number of nitrogens with one attached hydrogen (secondary N) is 1. The van der Waals surface area contributed by atoms with Crippen molar-refractivity contribution < 1.29 is 27.5 Å². The monoisotopic (exact) mass is 417 g/mol. The third kappa shape index (κ3) is 5.94. The second-order valence-corrected chi connectivity index (χ2v) is 7.16. The Morgan fingerprint density at radius 1 is 1.31 bits per heavy atom. The van der Waals surface area contributed by atoms with Gasteiger partial charge in [0, 0.05) is 24.3 Å². The number of carbonyl (C=O) groups is 2. The van der Waals surface area contributed by atoms with Crippen LogP contribution in [0.1, 0.15) is 43.3 Å². The molecule has 1 saturated heterocycles. The number of hydrogen-bond acceptors (Lipinski definition) is 6. The highest BCUT2D eigenvalue weighted by Crippen LogP contribution is 2.30. The lowest BCUT2D eigenvalue weighted by Gasteiger charge is -2.33. The van der Waals surface area contributed by atoms with E-state index in [0.29, 0.717) is 31.0 Å². The summed E-state index contributed by atoms with van der Waals surface area (Å²) in [7, 11) is 1.23. The zero-order valence-corrected chi connectivity index (χ0v) is 16.7. The van der Waals surface area contributed by atoms with Crippen molar-refractivity contribution in [3.05, 3.63) is 17.1 Å². The second-order valence-electron chi connectivity index (χ2n) is 7.16.